The summed E-state index contributed by atoms with van der Waals surface area (Å²) in [4.78, 5) is 12.3. The first-order valence-corrected chi connectivity index (χ1v) is 7.37. The molecule has 2 rings (SSSR count). The monoisotopic (exact) mass is 268 g/mol. The summed E-state index contributed by atoms with van der Waals surface area (Å²) in [7, 11) is 0. The Bertz CT molecular complexity index is 334. The standard InChI is InChI=1S/C13H16OSe/c1-10-6-5-9-12(13(10)14)15-11-7-3-2-4-8-11/h2-4,7-8,10,12H,5-6,9H2,1H3/t10-,12+/m1/s1. The van der Waals surface area contributed by atoms with Gasteiger partial charge in [0, 0.05) is 0 Å². The van der Waals surface area contributed by atoms with Crippen molar-refractivity contribution in [2.75, 3.05) is 0 Å². The number of Topliss-reactive ketones (excluding diaryl/α,β-unsaturated/α-hetero) is 1. The summed E-state index contributed by atoms with van der Waals surface area (Å²) in [6.07, 6.45) is 3.43. The van der Waals surface area contributed by atoms with Gasteiger partial charge in [-0.15, -0.1) is 0 Å². The van der Waals surface area contributed by atoms with E-state index in [4.69, 9.17) is 0 Å². The maximum absolute atomic E-state index is 11.9. The molecule has 0 amide bonds. The second-order valence-corrected chi connectivity index (χ2v) is 6.83. The van der Waals surface area contributed by atoms with E-state index in [0.29, 0.717) is 31.5 Å². The first kappa shape index (κ1) is 10.9. The van der Waals surface area contributed by atoms with Gasteiger partial charge in [-0.1, -0.05) is 0 Å². The van der Waals surface area contributed by atoms with Crippen LogP contribution in [0.3, 0.4) is 0 Å². The van der Waals surface area contributed by atoms with Gasteiger partial charge in [0.2, 0.25) is 0 Å². The summed E-state index contributed by atoms with van der Waals surface area (Å²) in [6.45, 7) is 2.08. The predicted octanol–water partition coefficient (Wildman–Crippen LogP) is 2.19. The number of carbonyl (C=O) groups excluding carboxylic acids is 1. The van der Waals surface area contributed by atoms with Crippen molar-refractivity contribution in [3.63, 3.8) is 0 Å². The van der Waals surface area contributed by atoms with Gasteiger partial charge >= 0.3 is 97.2 Å². The van der Waals surface area contributed by atoms with Crippen molar-refractivity contribution in [2.24, 2.45) is 5.92 Å². The normalized spacial score (nSPS) is 26.6. The number of rotatable bonds is 2. The van der Waals surface area contributed by atoms with E-state index in [-0.39, 0.29) is 0 Å². The summed E-state index contributed by atoms with van der Waals surface area (Å²) in [5.74, 6) is 0.805. The van der Waals surface area contributed by atoms with Crippen LogP contribution in [0, 0.1) is 5.92 Å². The van der Waals surface area contributed by atoms with E-state index in [9.17, 15) is 4.79 Å². The molecule has 1 aliphatic carbocycles. The molecule has 0 N–H and O–H groups in total. The van der Waals surface area contributed by atoms with E-state index in [1.54, 1.807) is 0 Å². The van der Waals surface area contributed by atoms with Crippen molar-refractivity contribution in [3.05, 3.63) is 30.3 Å². The van der Waals surface area contributed by atoms with Crippen molar-refractivity contribution < 1.29 is 4.79 Å². The molecule has 0 aromatic heterocycles. The maximum atomic E-state index is 11.9. The molecule has 1 fully saturated rings. The molecule has 15 heavy (non-hydrogen) atoms. The second-order valence-electron chi connectivity index (χ2n) is 4.15. The van der Waals surface area contributed by atoms with Crippen molar-refractivity contribution >= 4 is 25.2 Å². The van der Waals surface area contributed by atoms with Crippen LogP contribution in [0.4, 0.5) is 0 Å². The third-order valence-electron chi connectivity index (χ3n) is 2.93. The van der Waals surface area contributed by atoms with Gasteiger partial charge in [0.15, 0.2) is 0 Å². The van der Waals surface area contributed by atoms with E-state index < -0.39 is 0 Å². The summed E-state index contributed by atoms with van der Waals surface area (Å²) >= 11 is 0.340. The van der Waals surface area contributed by atoms with E-state index in [1.807, 2.05) is 6.07 Å². The molecule has 0 radical (unpaired) electrons. The van der Waals surface area contributed by atoms with E-state index >= 15 is 0 Å². The number of hydrogen-bond acceptors (Lipinski definition) is 1. The van der Waals surface area contributed by atoms with Crippen molar-refractivity contribution in [2.45, 2.75) is 31.0 Å². The Labute approximate surface area is 97.4 Å². The summed E-state index contributed by atoms with van der Waals surface area (Å²) in [5.41, 5.74) is 0. The molecular formula is C13H16OSe. The zero-order valence-corrected chi connectivity index (χ0v) is 10.7. The van der Waals surface area contributed by atoms with Gasteiger partial charge in [-0.05, 0) is 0 Å². The summed E-state index contributed by atoms with van der Waals surface area (Å²) in [6, 6.07) is 10.5. The SMILES string of the molecule is C[C@@H]1CCC[C@H]([Se]c2ccccc2)C1=O. The average molecular weight is 267 g/mol. The molecule has 0 bridgehead atoms. The molecule has 1 saturated carbocycles. The van der Waals surface area contributed by atoms with Gasteiger partial charge in [0.25, 0.3) is 0 Å². The van der Waals surface area contributed by atoms with E-state index in [2.05, 4.69) is 31.2 Å². The van der Waals surface area contributed by atoms with Gasteiger partial charge in [0.1, 0.15) is 0 Å². The fourth-order valence-electron chi connectivity index (χ4n) is 1.99. The fraction of sp³-hybridized carbons (Fsp3) is 0.462. The first-order chi connectivity index (χ1) is 7.27. The molecule has 0 heterocycles. The van der Waals surface area contributed by atoms with E-state index in [0.717, 1.165) is 12.8 Å². The molecule has 0 saturated heterocycles. The Balaban J connectivity index is 2.03. The van der Waals surface area contributed by atoms with Crippen molar-refractivity contribution in [1.29, 1.82) is 0 Å². The molecule has 1 aliphatic rings. The third kappa shape index (κ3) is 2.70. The fourth-order valence-corrected chi connectivity index (χ4v) is 4.67. The van der Waals surface area contributed by atoms with Crippen molar-refractivity contribution in [3.8, 4) is 0 Å². The van der Waals surface area contributed by atoms with Crippen LogP contribution in [0.25, 0.3) is 0 Å². The summed E-state index contributed by atoms with van der Waals surface area (Å²) < 4.78 is 1.36. The van der Waals surface area contributed by atoms with Gasteiger partial charge in [-0.2, -0.15) is 0 Å². The van der Waals surface area contributed by atoms with Gasteiger partial charge in [-0.25, -0.2) is 0 Å². The quantitative estimate of drug-likeness (QED) is 0.751. The topological polar surface area (TPSA) is 17.1 Å². The van der Waals surface area contributed by atoms with Crippen molar-refractivity contribution in [1.82, 2.24) is 0 Å². The number of carbonyl (C=O) groups is 1. The molecule has 2 atom stereocenters. The van der Waals surface area contributed by atoms with Crippen LogP contribution in [0.5, 0.6) is 0 Å². The Morgan fingerprint density at radius 2 is 1.93 bits per heavy atom. The van der Waals surface area contributed by atoms with Crippen LogP contribution in [0.1, 0.15) is 26.2 Å². The first-order valence-electron chi connectivity index (χ1n) is 5.53. The Morgan fingerprint density at radius 3 is 2.67 bits per heavy atom. The van der Waals surface area contributed by atoms with Crippen LogP contribution >= 0.6 is 0 Å². The number of benzene rings is 1. The number of hydrogen-bond donors (Lipinski definition) is 0. The zero-order valence-electron chi connectivity index (χ0n) is 8.98. The zero-order chi connectivity index (χ0) is 10.7. The average Bonchev–Trinajstić information content (AvgIpc) is 2.26. The van der Waals surface area contributed by atoms with Gasteiger partial charge in [-0.3, -0.25) is 0 Å². The van der Waals surface area contributed by atoms with Gasteiger partial charge < -0.3 is 0 Å². The Kier molecular flexibility index (Phi) is 3.61. The molecule has 1 aromatic rings. The van der Waals surface area contributed by atoms with Crippen LogP contribution < -0.4 is 4.46 Å². The number of ketones is 1. The molecule has 1 nitrogen and oxygen atoms in total. The summed E-state index contributed by atoms with van der Waals surface area (Å²) in [5, 5.41) is 0. The molecule has 0 spiro atoms. The van der Waals surface area contributed by atoms with Gasteiger partial charge in [0.05, 0.1) is 0 Å². The van der Waals surface area contributed by atoms with Crippen LogP contribution in [0.15, 0.2) is 30.3 Å². The Morgan fingerprint density at radius 1 is 1.20 bits per heavy atom. The molecule has 0 aliphatic heterocycles. The second kappa shape index (κ2) is 4.96. The predicted molar refractivity (Wildman–Crippen MR) is 63.6 cm³/mol. The van der Waals surface area contributed by atoms with Crippen LogP contribution in [-0.4, -0.2) is 20.7 Å². The molecule has 2 heteroatoms. The third-order valence-corrected chi connectivity index (χ3v) is 5.65. The molecule has 0 unspecified atom stereocenters. The molecule has 80 valence electrons. The minimum atomic E-state index is 0.300. The molecular weight excluding hydrogens is 251 g/mol. The Hall–Kier alpha value is -0.591. The molecule has 1 aromatic carbocycles. The van der Waals surface area contributed by atoms with Crippen LogP contribution in [-0.2, 0) is 4.79 Å². The van der Waals surface area contributed by atoms with Crippen LogP contribution in [0.2, 0.25) is 4.82 Å². The minimum absolute atomic E-state index is 0.300. The van der Waals surface area contributed by atoms with E-state index in [1.165, 1.54) is 10.9 Å².